The molecule has 130 valence electrons. The third-order valence-corrected chi connectivity index (χ3v) is 5.27. The number of aromatic nitrogens is 2. The molecule has 0 aliphatic rings. The number of amides is 1. The lowest BCUT2D eigenvalue weighted by atomic mass is 10.3. The maximum Gasteiger partial charge on any atom is 0.291 e. The second-order valence-corrected chi connectivity index (χ2v) is 7.90. The van der Waals surface area contributed by atoms with Crippen molar-refractivity contribution in [3.8, 4) is 5.75 Å². The monoisotopic (exact) mass is 370 g/mol. The summed E-state index contributed by atoms with van der Waals surface area (Å²) in [4.78, 5) is 11.3. The van der Waals surface area contributed by atoms with Gasteiger partial charge >= 0.3 is 0 Å². The minimum absolute atomic E-state index is 0.0330. The Balaban J connectivity index is 2.09. The molecule has 1 aromatic heterocycles. The fraction of sp³-hybridized carbons (Fsp3) is 0.357. The van der Waals surface area contributed by atoms with Crippen molar-refractivity contribution in [3.63, 3.8) is 0 Å². The molecule has 0 saturated carbocycles. The maximum atomic E-state index is 12.3. The van der Waals surface area contributed by atoms with Gasteiger partial charge < -0.3 is 10.1 Å². The molecule has 0 spiro atoms. The van der Waals surface area contributed by atoms with Crippen LogP contribution in [0.5, 0.6) is 5.75 Å². The summed E-state index contributed by atoms with van der Waals surface area (Å²) in [5.41, 5.74) is 0.375. The standard InChI is InChI=1S/C14H18N4O4S2/c1-4-12(19)15-13-16-17-14(23-13)24(20,21)18-10-5-7-11(8-6-10)22-9(2)3/h5-9,18H,4H2,1-3H3,(H,15,16,19). The summed E-state index contributed by atoms with van der Waals surface area (Å²) in [5, 5.41) is 9.88. The van der Waals surface area contributed by atoms with E-state index in [1.165, 1.54) is 0 Å². The number of rotatable bonds is 7. The lowest BCUT2D eigenvalue weighted by Gasteiger charge is -2.10. The Labute approximate surface area is 144 Å². The zero-order chi connectivity index (χ0) is 17.7. The van der Waals surface area contributed by atoms with E-state index in [1.54, 1.807) is 31.2 Å². The van der Waals surface area contributed by atoms with Gasteiger partial charge in [0.25, 0.3) is 14.4 Å². The van der Waals surface area contributed by atoms with Gasteiger partial charge in [-0.1, -0.05) is 18.3 Å². The topological polar surface area (TPSA) is 110 Å². The van der Waals surface area contributed by atoms with Gasteiger partial charge in [-0.25, -0.2) is 0 Å². The van der Waals surface area contributed by atoms with Crippen LogP contribution in [0.15, 0.2) is 28.6 Å². The Morgan fingerprint density at radius 2 is 1.92 bits per heavy atom. The molecule has 8 nitrogen and oxygen atoms in total. The average Bonchev–Trinajstić information content (AvgIpc) is 2.98. The predicted octanol–water partition coefficient (Wildman–Crippen LogP) is 2.47. The second kappa shape index (κ2) is 7.58. The van der Waals surface area contributed by atoms with Gasteiger partial charge in [0.2, 0.25) is 11.0 Å². The van der Waals surface area contributed by atoms with E-state index < -0.39 is 10.0 Å². The highest BCUT2D eigenvalue weighted by Gasteiger charge is 2.21. The van der Waals surface area contributed by atoms with Gasteiger partial charge in [-0.2, -0.15) is 8.42 Å². The molecular weight excluding hydrogens is 352 g/mol. The Bertz CT molecular complexity index is 800. The highest BCUT2D eigenvalue weighted by molar-refractivity contribution is 7.94. The van der Waals surface area contributed by atoms with Crippen LogP contribution in [-0.4, -0.2) is 30.6 Å². The Kier molecular flexibility index (Phi) is 5.73. The van der Waals surface area contributed by atoms with Crippen molar-refractivity contribution in [2.75, 3.05) is 10.0 Å². The number of anilines is 2. The fourth-order valence-electron chi connectivity index (χ4n) is 1.65. The highest BCUT2D eigenvalue weighted by atomic mass is 32.2. The highest BCUT2D eigenvalue weighted by Crippen LogP contribution is 2.24. The van der Waals surface area contributed by atoms with E-state index >= 15 is 0 Å². The van der Waals surface area contributed by atoms with Gasteiger partial charge in [0.15, 0.2) is 0 Å². The van der Waals surface area contributed by atoms with Gasteiger partial charge in [-0.15, -0.1) is 10.2 Å². The van der Waals surface area contributed by atoms with E-state index in [2.05, 4.69) is 20.2 Å². The molecule has 0 aliphatic heterocycles. The van der Waals surface area contributed by atoms with E-state index in [4.69, 9.17) is 4.74 Å². The van der Waals surface area contributed by atoms with Gasteiger partial charge in [0.1, 0.15) is 5.75 Å². The smallest absolute Gasteiger partial charge is 0.291 e. The Hall–Kier alpha value is -2.20. The molecule has 10 heteroatoms. The molecule has 0 bridgehead atoms. The summed E-state index contributed by atoms with van der Waals surface area (Å²) in [6.45, 7) is 5.49. The summed E-state index contributed by atoms with van der Waals surface area (Å²) in [5.74, 6) is 0.386. The summed E-state index contributed by atoms with van der Waals surface area (Å²) >= 11 is 0.785. The number of benzene rings is 1. The maximum absolute atomic E-state index is 12.3. The molecule has 0 unspecified atom stereocenters. The first-order valence-corrected chi connectivity index (χ1v) is 9.53. The molecule has 1 heterocycles. The van der Waals surface area contributed by atoms with Crippen LogP contribution in [-0.2, 0) is 14.8 Å². The summed E-state index contributed by atoms with van der Waals surface area (Å²) in [7, 11) is -3.87. The molecule has 2 aromatic rings. The Morgan fingerprint density at radius 3 is 2.50 bits per heavy atom. The molecule has 2 rings (SSSR count). The predicted molar refractivity (Wildman–Crippen MR) is 91.8 cm³/mol. The molecular formula is C14H18N4O4S2. The van der Waals surface area contributed by atoms with Crippen molar-refractivity contribution in [1.82, 2.24) is 10.2 Å². The minimum atomic E-state index is -3.87. The van der Waals surface area contributed by atoms with Crippen LogP contribution in [0.1, 0.15) is 27.2 Å². The molecule has 24 heavy (non-hydrogen) atoms. The molecule has 1 aromatic carbocycles. The van der Waals surface area contributed by atoms with E-state index in [9.17, 15) is 13.2 Å². The summed E-state index contributed by atoms with van der Waals surface area (Å²) < 4.78 is 32.3. The molecule has 1 amide bonds. The molecule has 0 atom stereocenters. The average molecular weight is 370 g/mol. The number of sulfonamides is 1. The van der Waals surface area contributed by atoms with E-state index in [-0.39, 0.29) is 27.9 Å². The van der Waals surface area contributed by atoms with Crippen LogP contribution in [0.3, 0.4) is 0 Å². The number of carbonyl (C=O) groups excluding carboxylic acids is 1. The van der Waals surface area contributed by atoms with Crippen LogP contribution < -0.4 is 14.8 Å². The second-order valence-electron chi connectivity index (χ2n) is 5.07. The number of carbonyl (C=O) groups is 1. The van der Waals surface area contributed by atoms with Crippen LogP contribution >= 0.6 is 11.3 Å². The first kappa shape index (κ1) is 18.1. The van der Waals surface area contributed by atoms with Gasteiger partial charge in [-0.3, -0.25) is 9.52 Å². The quantitative estimate of drug-likeness (QED) is 0.725. The van der Waals surface area contributed by atoms with Crippen molar-refractivity contribution < 1.29 is 17.9 Å². The molecule has 0 radical (unpaired) electrons. The molecule has 2 N–H and O–H groups in total. The van der Waals surface area contributed by atoms with Crippen LogP contribution in [0.4, 0.5) is 10.8 Å². The zero-order valence-electron chi connectivity index (χ0n) is 13.4. The van der Waals surface area contributed by atoms with Gasteiger partial charge in [0.05, 0.1) is 6.10 Å². The van der Waals surface area contributed by atoms with Crippen LogP contribution in [0.25, 0.3) is 0 Å². The minimum Gasteiger partial charge on any atom is -0.491 e. The molecule has 0 fully saturated rings. The van der Waals surface area contributed by atoms with Gasteiger partial charge in [0, 0.05) is 12.1 Å². The van der Waals surface area contributed by atoms with Crippen molar-refractivity contribution in [2.24, 2.45) is 0 Å². The molecule has 0 saturated heterocycles. The van der Waals surface area contributed by atoms with Crippen LogP contribution in [0, 0.1) is 0 Å². The zero-order valence-corrected chi connectivity index (χ0v) is 15.1. The Morgan fingerprint density at radius 1 is 1.25 bits per heavy atom. The lowest BCUT2D eigenvalue weighted by molar-refractivity contribution is -0.115. The van der Waals surface area contributed by atoms with Crippen molar-refractivity contribution >= 4 is 38.1 Å². The van der Waals surface area contributed by atoms with E-state index in [0.717, 1.165) is 11.3 Å². The summed E-state index contributed by atoms with van der Waals surface area (Å²) in [6.07, 6.45) is 0.302. The third-order valence-electron chi connectivity index (χ3n) is 2.68. The lowest BCUT2D eigenvalue weighted by Crippen LogP contribution is -2.12. The number of nitrogens with one attached hydrogen (secondary N) is 2. The third kappa shape index (κ3) is 4.90. The number of ether oxygens (including phenoxy) is 1. The van der Waals surface area contributed by atoms with E-state index in [0.29, 0.717) is 11.4 Å². The fourth-order valence-corrected chi connectivity index (χ4v) is 3.63. The molecule has 0 aliphatic carbocycles. The first-order chi connectivity index (χ1) is 11.3. The number of hydrogen-bond donors (Lipinski definition) is 2. The van der Waals surface area contributed by atoms with Crippen LogP contribution in [0.2, 0.25) is 0 Å². The number of nitrogens with zero attached hydrogens (tertiary/aromatic N) is 2. The normalized spacial score (nSPS) is 11.3. The first-order valence-electron chi connectivity index (χ1n) is 7.23. The SMILES string of the molecule is CCC(=O)Nc1nnc(S(=O)(=O)Nc2ccc(OC(C)C)cc2)s1. The van der Waals surface area contributed by atoms with Gasteiger partial charge in [-0.05, 0) is 38.1 Å². The van der Waals surface area contributed by atoms with E-state index in [1.807, 2.05) is 13.8 Å². The summed E-state index contributed by atoms with van der Waals surface area (Å²) in [6, 6.07) is 6.53. The van der Waals surface area contributed by atoms with Crippen molar-refractivity contribution in [3.05, 3.63) is 24.3 Å². The van der Waals surface area contributed by atoms with Crippen molar-refractivity contribution in [2.45, 2.75) is 37.6 Å². The van der Waals surface area contributed by atoms with Crippen molar-refractivity contribution in [1.29, 1.82) is 0 Å². The number of hydrogen-bond acceptors (Lipinski definition) is 7. The largest absolute Gasteiger partial charge is 0.491 e.